The van der Waals surface area contributed by atoms with Crippen molar-refractivity contribution in [2.24, 2.45) is 10.9 Å². The van der Waals surface area contributed by atoms with Gasteiger partial charge in [-0.2, -0.15) is 0 Å². The number of carbonyl (C=O) groups excluding carboxylic acids is 8. The molecule has 1 fully saturated rings. The number of aliphatic imine (C=N–C) groups is 1. The molecule has 2 N–H and O–H groups in total. The molecule has 550 valence electrons. The van der Waals surface area contributed by atoms with Crippen molar-refractivity contribution in [3.8, 4) is 23.3 Å². The molecule has 0 radical (unpaired) electrons. The molecule has 0 saturated carbocycles. The minimum absolute atomic E-state index is 0.0767. The molecule has 22 nitrogen and oxygen atoms in total. The van der Waals surface area contributed by atoms with Crippen LogP contribution in [0.5, 0.6) is 0 Å². The van der Waals surface area contributed by atoms with Gasteiger partial charge in [0.1, 0.15) is 17.7 Å². The van der Waals surface area contributed by atoms with Gasteiger partial charge in [0.2, 0.25) is 35.3 Å². The number of Topliss-reactive ketones (excluding diaryl/α,β-unsaturated/α-hetero) is 2. The Bertz CT molecular complexity index is 4910. The van der Waals surface area contributed by atoms with Crippen LogP contribution < -0.4 is 35.1 Å². The van der Waals surface area contributed by atoms with E-state index in [1.54, 1.807) is 43.4 Å². The fraction of sp³-hybridized carbons (Fsp3) is 0.302. The lowest BCUT2D eigenvalue weighted by atomic mass is 9.91. The number of anilines is 5. The van der Waals surface area contributed by atoms with E-state index in [4.69, 9.17) is 4.42 Å². The maximum Gasteiger partial charge on any atom is 0.273 e. The number of rotatable bonds is 20. The van der Waals surface area contributed by atoms with Crippen molar-refractivity contribution >= 4 is 81.2 Å². The normalized spacial score (nSPS) is 14.1. The van der Waals surface area contributed by atoms with Crippen LogP contribution in [0.4, 0.5) is 28.4 Å². The fourth-order valence-electron chi connectivity index (χ4n) is 13.7. The van der Waals surface area contributed by atoms with E-state index in [-0.39, 0.29) is 52.8 Å². The fourth-order valence-corrected chi connectivity index (χ4v) is 13.7. The molecule has 0 spiro atoms. The minimum Gasteiger partial charge on any atom is -0.444 e. The van der Waals surface area contributed by atoms with Crippen LogP contribution in [0.1, 0.15) is 139 Å². The Hall–Kier alpha value is -12.4. The number of hydrogen-bond acceptors (Lipinski definition) is 16. The standard InChI is InChI=1S/C22H22N4O2.C22H25N3O2.C21H20N4O3.C21H20N2O2/c1-2-21(27)26-11-9-17-12-16(5-8-20(17)26)18-6-7-19(25-18)22(28)24-14-15-4-3-10-23-13-15;1-2-22(27)25-11-9-17-12-19(6-7-20(17)25)24-14-18(15-24)21(26)8-5-16-4-3-10-23-13-16;1-2-19(26)25-9-7-15-10-16(5-6-18(15)25)21-24-17(13-28-21)20(27)23-12-14-4-3-8-22-11-14;1-2-21(25)23-13-11-18-14-16(7-10-20(18)23)5-8-19(24)9-6-17-4-3-12-22-15-17/h3-5,7-8,10,12-13H,2,6,9,11,14H2,1H3,(H,24,28);3-4,6-7,10,12-13,18H,2,5,8-9,11,14-15H2,1H3;3-6,8,10-11,13H,2,7,9,12H2,1H3,(H,23,27);3-4,7,10,12,14-15H,2,6,9,11,13H2,1H3. The summed E-state index contributed by atoms with van der Waals surface area (Å²) in [5, 5.41) is 5.68. The van der Waals surface area contributed by atoms with E-state index in [1.807, 2.05) is 157 Å². The number of benzene rings is 4. The molecule has 15 rings (SSSR count). The first-order valence-corrected chi connectivity index (χ1v) is 37.1. The number of oxazole rings is 1. The zero-order valence-corrected chi connectivity index (χ0v) is 61.3. The predicted octanol–water partition coefficient (Wildman–Crippen LogP) is 11.7. The molecular formula is C86H87N13O9. The quantitative estimate of drug-likeness (QED) is 0.0672. The van der Waals surface area contributed by atoms with Gasteiger partial charge in [0.25, 0.3) is 11.8 Å². The van der Waals surface area contributed by atoms with Crippen molar-refractivity contribution in [3.05, 3.63) is 250 Å². The SMILES string of the molecule is CCC(=O)N1CCc2cc(-c3nc(C(=O)NCc4cccnc4)co3)ccc21.CCC(=O)N1CCc2cc(C#CC(=O)CCc3cccnc3)ccc21.CCC(=O)N1CCc2cc(C3=NC(C(=O)NCc4cccnc4)=CC3)ccc21.CCC(=O)N1CCc2cc(N3CC(C(=O)CCc4cccnc4)C3)ccc21. The van der Waals surface area contributed by atoms with Crippen LogP contribution in [0, 0.1) is 17.8 Å². The summed E-state index contributed by atoms with van der Waals surface area (Å²) >= 11 is 0. The first-order valence-electron chi connectivity index (χ1n) is 37.1. The largest absolute Gasteiger partial charge is 0.444 e. The summed E-state index contributed by atoms with van der Waals surface area (Å²) < 4.78 is 5.51. The van der Waals surface area contributed by atoms with Gasteiger partial charge in [0, 0.05) is 186 Å². The number of hydrogen-bond donors (Lipinski definition) is 2. The molecule has 4 aromatic carbocycles. The molecule has 0 unspecified atom stereocenters. The van der Waals surface area contributed by atoms with E-state index in [0.717, 1.165) is 155 Å². The average Bonchev–Trinajstić information content (AvgIpc) is 1.58. The molecule has 0 atom stereocenters. The van der Waals surface area contributed by atoms with Crippen molar-refractivity contribution in [1.29, 1.82) is 0 Å². The van der Waals surface area contributed by atoms with Gasteiger partial charge in [0.05, 0.1) is 11.6 Å². The molecule has 108 heavy (non-hydrogen) atoms. The number of nitrogens with one attached hydrogen (secondary N) is 2. The van der Waals surface area contributed by atoms with E-state index in [0.29, 0.717) is 88.4 Å². The summed E-state index contributed by atoms with van der Waals surface area (Å²) in [6, 6.07) is 39.2. The van der Waals surface area contributed by atoms with Crippen LogP contribution in [-0.2, 0) is 85.2 Å². The van der Waals surface area contributed by atoms with Crippen molar-refractivity contribution in [2.45, 2.75) is 124 Å². The number of carbonyl (C=O) groups is 8. The highest BCUT2D eigenvalue weighted by Gasteiger charge is 2.34. The molecule has 6 amide bonds. The van der Waals surface area contributed by atoms with Gasteiger partial charge in [-0.25, -0.2) is 9.98 Å². The number of nitrogens with zero attached hydrogens (tertiary/aromatic N) is 11. The second-order valence-corrected chi connectivity index (χ2v) is 26.9. The summed E-state index contributed by atoms with van der Waals surface area (Å²) in [6.45, 7) is 12.8. The molecule has 22 heteroatoms. The Balaban J connectivity index is 0.000000135. The highest BCUT2D eigenvalue weighted by molar-refractivity contribution is 6.09. The van der Waals surface area contributed by atoms with Crippen LogP contribution in [0.15, 0.2) is 198 Å². The smallest absolute Gasteiger partial charge is 0.273 e. The lowest BCUT2D eigenvalue weighted by molar-refractivity contribution is -0.123. The summed E-state index contributed by atoms with van der Waals surface area (Å²) in [5.41, 5.74) is 17.9. The third-order valence-corrected chi connectivity index (χ3v) is 19.7. The number of fused-ring (bicyclic) bond motifs is 4. The van der Waals surface area contributed by atoms with Gasteiger partial charge < -0.3 is 39.6 Å². The van der Waals surface area contributed by atoms with Gasteiger partial charge in [-0.1, -0.05) is 63.9 Å². The third kappa shape index (κ3) is 18.8. The summed E-state index contributed by atoms with van der Waals surface area (Å²) in [7, 11) is 0. The van der Waals surface area contributed by atoms with Crippen LogP contribution in [0.25, 0.3) is 11.5 Å². The van der Waals surface area contributed by atoms with Crippen molar-refractivity contribution in [2.75, 3.05) is 63.8 Å². The van der Waals surface area contributed by atoms with Gasteiger partial charge in [-0.3, -0.25) is 58.3 Å². The van der Waals surface area contributed by atoms with Crippen LogP contribution in [0.3, 0.4) is 0 Å². The molecule has 0 aliphatic carbocycles. The average molecular weight is 1450 g/mol. The lowest BCUT2D eigenvalue weighted by Gasteiger charge is -2.40. The monoisotopic (exact) mass is 1450 g/mol. The molecule has 1 saturated heterocycles. The molecule has 11 heterocycles. The van der Waals surface area contributed by atoms with E-state index in [9.17, 15) is 38.4 Å². The molecule has 6 aliphatic heterocycles. The Morgan fingerprint density at radius 2 is 0.954 bits per heavy atom. The van der Waals surface area contributed by atoms with Gasteiger partial charge in [0.15, 0.2) is 5.69 Å². The second-order valence-electron chi connectivity index (χ2n) is 26.9. The molecule has 0 bridgehead atoms. The number of amides is 6. The van der Waals surface area contributed by atoms with Gasteiger partial charge >= 0.3 is 0 Å². The maximum absolute atomic E-state index is 12.4. The second kappa shape index (κ2) is 36.1. The third-order valence-electron chi connectivity index (χ3n) is 19.7. The number of aromatic nitrogens is 5. The minimum atomic E-state index is -0.306. The van der Waals surface area contributed by atoms with Crippen LogP contribution in [-0.4, -0.2) is 117 Å². The first-order chi connectivity index (χ1) is 52.6. The molecule has 9 aromatic rings. The van der Waals surface area contributed by atoms with Crippen molar-refractivity contribution < 1.29 is 42.8 Å². The molecule has 6 aliphatic rings. The van der Waals surface area contributed by atoms with Gasteiger partial charge in [-0.15, -0.1) is 0 Å². The summed E-state index contributed by atoms with van der Waals surface area (Å²) in [4.78, 5) is 132. The predicted molar refractivity (Wildman–Crippen MR) is 415 cm³/mol. The number of pyridine rings is 4. The Morgan fingerprint density at radius 1 is 0.500 bits per heavy atom. The van der Waals surface area contributed by atoms with Crippen molar-refractivity contribution in [3.63, 3.8) is 0 Å². The first kappa shape index (κ1) is 75.3. The van der Waals surface area contributed by atoms with Crippen molar-refractivity contribution in [1.82, 2.24) is 35.6 Å². The summed E-state index contributed by atoms with van der Waals surface area (Å²) in [6.07, 6.45) is 25.6. The summed E-state index contributed by atoms with van der Waals surface area (Å²) in [5.74, 6) is 6.56. The maximum atomic E-state index is 12.4. The molecule has 5 aromatic heterocycles. The topological polar surface area (TPSA) is 267 Å². The van der Waals surface area contributed by atoms with E-state index in [1.165, 1.54) is 11.8 Å². The van der Waals surface area contributed by atoms with E-state index >= 15 is 0 Å². The zero-order valence-electron chi connectivity index (χ0n) is 61.3. The number of allylic oxidation sites excluding steroid dienone is 1. The zero-order chi connectivity index (χ0) is 75.5. The van der Waals surface area contributed by atoms with E-state index in [2.05, 4.69) is 81.6 Å². The van der Waals surface area contributed by atoms with Crippen LogP contribution in [0.2, 0.25) is 0 Å². The Labute approximate surface area is 628 Å². The van der Waals surface area contributed by atoms with Gasteiger partial charge in [-0.05, 0) is 192 Å². The highest BCUT2D eigenvalue weighted by Crippen LogP contribution is 2.37. The Kier molecular flexibility index (Phi) is 25.2. The van der Waals surface area contributed by atoms with E-state index < -0.39 is 0 Å². The Morgan fingerprint density at radius 3 is 1.46 bits per heavy atom. The number of ketones is 2. The highest BCUT2D eigenvalue weighted by atomic mass is 16.3. The van der Waals surface area contributed by atoms with Crippen LogP contribution >= 0.6 is 0 Å². The molecular weight excluding hydrogens is 1360 g/mol. The lowest BCUT2D eigenvalue weighted by Crippen LogP contribution is -2.50. The number of aryl methyl sites for hydroxylation is 2.